The van der Waals surface area contributed by atoms with Gasteiger partial charge < -0.3 is 15.0 Å². The van der Waals surface area contributed by atoms with Crippen molar-refractivity contribution in [2.24, 2.45) is 11.8 Å². The van der Waals surface area contributed by atoms with Gasteiger partial charge >= 0.3 is 0 Å². The Balaban J connectivity index is 1.58. The maximum Gasteiger partial charge on any atom is 0.239 e. The molecule has 0 aromatic rings. The molecule has 3 fully saturated rings. The summed E-state index contributed by atoms with van der Waals surface area (Å²) in [6.45, 7) is 4.61. The number of carbonyl (C=O) groups excluding carboxylic acids is 1. The molecule has 0 bridgehead atoms. The Bertz CT molecular complexity index is 289. The van der Waals surface area contributed by atoms with Gasteiger partial charge in [-0.3, -0.25) is 4.79 Å². The second kappa shape index (κ2) is 4.94. The van der Waals surface area contributed by atoms with Gasteiger partial charge in [-0.1, -0.05) is 6.42 Å². The lowest BCUT2D eigenvalue weighted by Gasteiger charge is -2.37. The molecular weight excluding hydrogens is 216 g/mol. The highest BCUT2D eigenvalue weighted by atomic mass is 16.5. The summed E-state index contributed by atoms with van der Waals surface area (Å²) in [5, 5.41) is 3.35. The Kier molecular flexibility index (Phi) is 3.34. The molecule has 0 aliphatic carbocycles. The molecule has 4 heteroatoms. The molecule has 0 radical (unpaired) electrons. The fourth-order valence-electron chi connectivity index (χ4n) is 3.34. The maximum atomic E-state index is 12.4. The topological polar surface area (TPSA) is 41.6 Å². The SMILES string of the molecule is O=C([C@@H]1CCCCN1)N1CC[C@H]2COC[C@@H]2C1. The third-order valence-corrected chi connectivity index (χ3v) is 4.48. The van der Waals surface area contributed by atoms with E-state index >= 15 is 0 Å². The Labute approximate surface area is 103 Å². The van der Waals surface area contributed by atoms with Crippen LogP contribution in [-0.4, -0.2) is 49.7 Å². The van der Waals surface area contributed by atoms with Gasteiger partial charge in [0.15, 0.2) is 0 Å². The Morgan fingerprint density at radius 2 is 2.06 bits per heavy atom. The lowest BCUT2D eigenvalue weighted by molar-refractivity contribution is -0.136. The van der Waals surface area contributed by atoms with E-state index in [9.17, 15) is 4.79 Å². The van der Waals surface area contributed by atoms with Gasteiger partial charge in [-0.05, 0) is 31.7 Å². The third kappa shape index (κ3) is 2.33. The van der Waals surface area contributed by atoms with Crippen molar-refractivity contribution >= 4 is 5.91 Å². The van der Waals surface area contributed by atoms with Crippen molar-refractivity contribution in [3.05, 3.63) is 0 Å². The standard InChI is InChI=1S/C13H22N2O2/c16-13(12-3-1-2-5-14-12)15-6-4-10-8-17-9-11(10)7-15/h10-12,14H,1-9H2/t10-,11-,12-/m0/s1. The number of hydrogen-bond acceptors (Lipinski definition) is 3. The van der Waals surface area contributed by atoms with E-state index in [2.05, 4.69) is 10.2 Å². The zero-order valence-corrected chi connectivity index (χ0v) is 10.4. The predicted molar refractivity (Wildman–Crippen MR) is 64.6 cm³/mol. The van der Waals surface area contributed by atoms with E-state index in [1.54, 1.807) is 0 Å². The van der Waals surface area contributed by atoms with Gasteiger partial charge in [-0.2, -0.15) is 0 Å². The van der Waals surface area contributed by atoms with Crippen LogP contribution in [0.15, 0.2) is 0 Å². The highest BCUT2D eigenvalue weighted by Crippen LogP contribution is 2.29. The summed E-state index contributed by atoms with van der Waals surface area (Å²) >= 11 is 0. The summed E-state index contributed by atoms with van der Waals surface area (Å²) in [7, 11) is 0. The molecule has 4 nitrogen and oxygen atoms in total. The first-order chi connectivity index (χ1) is 8.34. The molecule has 17 heavy (non-hydrogen) atoms. The summed E-state index contributed by atoms with van der Waals surface area (Å²) in [6, 6.07) is 0.0858. The number of amides is 1. The van der Waals surface area contributed by atoms with E-state index < -0.39 is 0 Å². The second-order valence-corrected chi connectivity index (χ2v) is 5.63. The van der Waals surface area contributed by atoms with Crippen molar-refractivity contribution in [1.29, 1.82) is 0 Å². The average molecular weight is 238 g/mol. The van der Waals surface area contributed by atoms with Crippen LogP contribution in [0.2, 0.25) is 0 Å². The molecule has 3 saturated heterocycles. The van der Waals surface area contributed by atoms with E-state index in [-0.39, 0.29) is 6.04 Å². The monoisotopic (exact) mass is 238 g/mol. The number of carbonyl (C=O) groups is 1. The number of nitrogens with one attached hydrogen (secondary N) is 1. The predicted octanol–water partition coefficient (Wildman–Crippen LogP) is 0.623. The molecule has 3 aliphatic heterocycles. The molecule has 3 atom stereocenters. The van der Waals surface area contributed by atoms with Gasteiger partial charge in [0, 0.05) is 25.6 Å². The number of likely N-dealkylation sites (tertiary alicyclic amines) is 1. The summed E-state index contributed by atoms with van der Waals surface area (Å²) in [6.07, 6.45) is 4.54. The van der Waals surface area contributed by atoms with Crippen LogP contribution in [0.3, 0.4) is 0 Å². The van der Waals surface area contributed by atoms with Crippen molar-refractivity contribution in [3.63, 3.8) is 0 Å². The van der Waals surface area contributed by atoms with Gasteiger partial charge in [0.1, 0.15) is 0 Å². The second-order valence-electron chi connectivity index (χ2n) is 5.63. The van der Waals surface area contributed by atoms with Gasteiger partial charge in [0.05, 0.1) is 12.6 Å². The largest absolute Gasteiger partial charge is 0.381 e. The molecule has 0 aromatic heterocycles. The fraction of sp³-hybridized carbons (Fsp3) is 0.923. The average Bonchev–Trinajstić information content (AvgIpc) is 2.86. The lowest BCUT2D eigenvalue weighted by atomic mass is 9.88. The number of piperidine rings is 2. The number of rotatable bonds is 1. The highest BCUT2D eigenvalue weighted by molar-refractivity contribution is 5.82. The molecule has 0 aromatic carbocycles. The van der Waals surface area contributed by atoms with Crippen LogP contribution >= 0.6 is 0 Å². The molecule has 1 amide bonds. The van der Waals surface area contributed by atoms with Gasteiger partial charge in [-0.25, -0.2) is 0 Å². The number of hydrogen-bond donors (Lipinski definition) is 1. The minimum Gasteiger partial charge on any atom is -0.381 e. The van der Waals surface area contributed by atoms with E-state index in [1.807, 2.05) is 0 Å². The molecule has 0 saturated carbocycles. The Morgan fingerprint density at radius 1 is 1.18 bits per heavy atom. The summed E-state index contributed by atoms with van der Waals surface area (Å²) in [4.78, 5) is 14.4. The summed E-state index contributed by atoms with van der Waals surface area (Å²) in [5.41, 5.74) is 0. The third-order valence-electron chi connectivity index (χ3n) is 4.48. The summed E-state index contributed by atoms with van der Waals surface area (Å²) in [5.74, 6) is 1.63. The number of ether oxygens (including phenoxy) is 1. The van der Waals surface area contributed by atoms with E-state index in [0.29, 0.717) is 17.7 Å². The first kappa shape index (κ1) is 11.5. The lowest BCUT2D eigenvalue weighted by Crippen LogP contribution is -2.52. The van der Waals surface area contributed by atoms with Crippen molar-refractivity contribution in [2.45, 2.75) is 31.7 Å². The van der Waals surface area contributed by atoms with Gasteiger partial charge in [0.25, 0.3) is 0 Å². The smallest absolute Gasteiger partial charge is 0.239 e. The van der Waals surface area contributed by atoms with Crippen LogP contribution < -0.4 is 5.32 Å². The minimum atomic E-state index is 0.0858. The fourth-order valence-corrected chi connectivity index (χ4v) is 3.34. The molecule has 96 valence electrons. The van der Waals surface area contributed by atoms with Crippen LogP contribution in [0.25, 0.3) is 0 Å². The van der Waals surface area contributed by atoms with E-state index in [4.69, 9.17) is 4.74 Å². The first-order valence-electron chi connectivity index (χ1n) is 6.94. The van der Waals surface area contributed by atoms with Crippen LogP contribution in [0.1, 0.15) is 25.7 Å². The zero-order chi connectivity index (χ0) is 11.7. The van der Waals surface area contributed by atoms with Gasteiger partial charge in [0.2, 0.25) is 5.91 Å². The maximum absolute atomic E-state index is 12.4. The quantitative estimate of drug-likeness (QED) is 0.728. The molecule has 3 rings (SSSR count). The highest BCUT2D eigenvalue weighted by Gasteiger charge is 2.37. The molecule has 0 spiro atoms. The molecular formula is C13H22N2O2. The van der Waals surface area contributed by atoms with Crippen LogP contribution in [-0.2, 0) is 9.53 Å². The van der Waals surface area contributed by atoms with Crippen LogP contribution in [0.5, 0.6) is 0 Å². The molecule has 0 unspecified atom stereocenters. The van der Waals surface area contributed by atoms with Crippen molar-refractivity contribution < 1.29 is 9.53 Å². The van der Waals surface area contributed by atoms with Crippen LogP contribution in [0, 0.1) is 11.8 Å². The normalized spacial score (nSPS) is 37.9. The first-order valence-corrected chi connectivity index (χ1v) is 6.94. The zero-order valence-electron chi connectivity index (χ0n) is 10.4. The van der Waals surface area contributed by atoms with Crippen LogP contribution in [0.4, 0.5) is 0 Å². The number of nitrogens with zero attached hydrogens (tertiary/aromatic N) is 1. The van der Waals surface area contributed by atoms with Gasteiger partial charge in [-0.15, -0.1) is 0 Å². The minimum absolute atomic E-state index is 0.0858. The summed E-state index contributed by atoms with van der Waals surface area (Å²) < 4.78 is 5.51. The Morgan fingerprint density at radius 3 is 2.88 bits per heavy atom. The van der Waals surface area contributed by atoms with E-state index in [0.717, 1.165) is 45.7 Å². The van der Waals surface area contributed by atoms with Crippen molar-refractivity contribution in [2.75, 3.05) is 32.8 Å². The van der Waals surface area contributed by atoms with Crippen molar-refractivity contribution in [1.82, 2.24) is 10.2 Å². The number of fused-ring (bicyclic) bond motifs is 1. The molecule has 3 heterocycles. The molecule has 3 aliphatic rings. The van der Waals surface area contributed by atoms with Crippen molar-refractivity contribution in [3.8, 4) is 0 Å². The van der Waals surface area contributed by atoms with E-state index in [1.165, 1.54) is 12.8 Å². The Hall–Kier alpha value is -0.610. The molecule has 1 N–H and O–H groups in total.